The first-order valence-corrected chi connectivity index (χ1v) is 6.93. The first-order valence-electron chi connectivity index (χ1n) is 6.93. The zero-order valence-electron chi connectivity index (χ0n) is 11.3. The highest BCUT2D eigenvalue weighted by atomic mass is 15.0. The van der Waals surface area contributed by atoms with Crippen LogP contribution in [0.3, 0.4) is 0 Å². The van der Waals surface area contributed by atoms with Crippen LogP contribution in [0.5, 0.6) is 0 Å². The summed E-state index contributed by atoms with van der Waals surface area (Å²) in [4.78, 5) is 2.32. The lowest BCUT2D eigenvalue weighted by Gasteiger charge is -2.39. The van der Waals surface area contributed by atoms with Gasteiger partial charge in [0, 0.05) is 0 Å². The molecule has 1 aromatic carbocycles. The molecule has 1 aliphatic rings. The van der Waals surface area contributed by atoms with E-state index in [-0.39, 0.29) is 0 Å². The van der Waals surface area contributed by atoms with E-state index in [1.807, 2.05) is 0 Å². The van der Waals surface area contributed by atoms with Crippen LogP contribution in [0, 0.1) is 0 Å². The molecule has 0 heterocycles. The maximum atomic E-state index is 2.33. The Labute approximate surface area is 106 Å². The molecule has 0 spiro atoms. The normalized spacial score (nSPS) is 19.5. The third-order valence-corrected chi connectivity index (χ3v) is 4.23. The molecular formula is C16H25N. The third kappa shape index (κ3) is 3.10. The van der Waals surface area contributed by atoms with E-state index >= 15 is 0 Å². The fraction of sp³-hybridized carbons (Fsp3) is 0.625. The number of rotatable bonds is 4. The van der Waals surface area contributed by atoms with Gasteiger partial charge in [0.05, 0.1) is 0 Å². The monoisotopic (exact) mass is 231 g/mol. The molecule has 0 aromatic heterocycles. The van der Waals surface area contributed by atoms with Crippen LogP contribution in [0.25, 0.3) is 0 Å². The van der Waals surface area contributed by atoms with E-state index in [1.165, 1.54) is 45.1 Å². The minimum absolute atomic E-state index is 0.462. The van der Waals surface area contributed by atoms with Crippen molar-refractivity contribution in [3.8, 4) is 0 Å². The van der Waals surface area contributed by atoms with Gasteiger partial charge in [-0.1, -0.05) is 49.6 Å². The molecule has 94 valence electrons. The zero-order valence-corrected chi connectivity index (χ0v) is 11.3. The molecule has 2 rings (SSSR count). The molecule has 1 saturated carbocycles. The fourth-order valence-electron chi connectivity index (χ4n) is 3.14. The van der Waals surface area contributed by atoms with Crippen molar-refractivity contribution in [3.63, 3.8) is 0 Å². The SMILES string of the molecule is CN(C)CCC1(c2ccccc2)CCCCC1. The average Bonchev–Trinajstić information content (AvgIpc) is 2.39. The quantitative estimate of drug-likeness (QED) is 0.761. The van der Waals surface area contributed by atoms with Crippen LogP contribution in [0.2, 0.25) is 0 Å². The van der Waals surface area contributed by atoms with Crippen LogP contribution in [0.1, 0.15) is 44.1 Å². The predicted octanol–water partition coefficient (Wildman–Crippen LogP) is 3.84. The molecule has 1 aliphatic carbocycles. The van der Waals surface area contributed by atoms with Crippen molar-refractivity contribution in [2.75, 3.05) is 20.6 Å². The van der Waals surface area contributed by atoms with Crippen LogP contribution in [-0.2, 0) is 5.41 Å². The van der Waals surface area contributed by atoms with E-state index in [0.29, 0.717) is 5.41 Å². The summed E-state index contributed by atoms with van der Waals surface area (Å²) in [7, 11) is 4.36. The summed E-state index contributed by atoms with van der Waals surface area (Å²) in [6, 6.07) is 11.2. The van der Waals surface area contributed by atoms with Crippen LogP contribution < -0.4 is 0 Å². The van der Waals surface area contributed by atoms with Crippen molar-refractivity contribution >= 4 is 0 Å². The highest BCUT2D eigenvalue weighted by Crippen LogP contribution is 2.42. The van der Waals surface area contributed by atoms with Gasteiger partial charge in [-0.05, 0) is 50.9 Å². The smallest absolute Gasteiger partial charge is 0.00163 e. The molecule has 0 unspecified atom stereocenters. The Morgan fingerprint density at radius 3 is 2.24 bits per heavy atom. The van der Waals surface area contributed by atoms with Gasteiger partial charge in [-0.25, -0.2) is 0 Å². The lowest BCUT2D eigenvalue weighted by atomic mass is 9.67. The van der Waals surface area contributed by atoms with Crippen molar-refractivity contribution in [2.45, 2.75) is 43.9 Å². The maximum absolute atomic E-state index is 2.33. The molecule has 0 N–H and O–H groups in total. The molecule has 0 bridgehead atoms. The molecule has 1 fully saturated rings. The Hall–Kier alpha value is -0.820. The van der Waals surface area contributed by atoms with Crippen LogP contribution >= 0.6 is 0 Å². The zero-order chi connectivity index (χ0) is 12.1. The minimum Gasteiger partial charge on any atom is -0.309 e. The second kappa shape index (κ2) is 5.68. The summed E-state index contributed by atoms with van der Waals surface area (Å²) < 4.78 is 0. The van der Waals surface area contributed by atoms with Crippen LogP contribution in [0.15, 0.2) is 30.3 Å². The van der Waals surface area contributed by atoms with Gasteiger partial charge in [0.25, 0.3) is 0 Å². The van der Waals surface area contributed by atoms with Crippen molar-refractivity contribution in [2.24, 2.45) is 0 Å². The van der Waals surface area contributed by atoms with Crippen molar-refractivity contribution in [1.29, 1.82) is 0 Å². The van der Waals surface area contributed by atoms with Gasteiger partial charge < -0.3 is 4.90 Å². The molecule has 0 amide bonds. The van der Waals surface area contributed by atoms with Gasteiger partial charge in [-0.3, -0.25) is 0 Å². The second-order valence-corrected chi connectivity index (χ2v) is 5.76. The lowest BCUT2D eigenvalue weighted by Crippen LogP contribution is -2.32. The molecule has 0 atom stereocenters. The summed E-state index contributed by atoms with van der Waals surface area (Å²) in [5.74, 6) is 0. The van der Waals surface area contributed by atoms with E-state index in [2.05, 4.69) is 49.3 Å². The van der Waals surface area contributed by atoms with E-state index < -0.39 is 0 Å². The van der Waals surface area contributed by atoms with Crippen LogP contribution in [-0.4, -0.2) is 25.5 Å². The number of benzene rings is 1. The van der Waals surface area contributed by atoms with E-state index in [9.17, 15) is 0 Å². The Morgan fingerprint density at radius 1 is 1.00 bits per heavy atom. The molecule has 1 heteroatoms. The standard InChI is InChI=1S/C16H25N/c1-17(2)14-13-16(11-7-4-8-12-16)15-9-5-3-6-10-15/h3,5-6,9-10H,4,7-8,11-14H2,1-2H3. The lowest BCUT2D eigenvalue weighted by molar-refractivity contribution is 0.241. The van der Waals surface area contributed by atoms with Crippen molar-refractivity contribution in [1.82, 2.24) is 4.90 Å². The van der Waals surface area contributed by atoms with Gasteiger partial charge in [-0.2, -0.15) is 0 Å². The largest absolute Gasteiger partial charge is 0.309 e. The summed E-state index contributed by atoms with van der Waals surface area (Å²) in [5.41, 5.74) is 2.03. The minimum atomic E-state index is 0.462. The number of hydrogen-bond acceptors (Lipinski definition) is 1. The van der Waals surface area contributed by atoms with E-state index in [4.69, 9.17) is 0 Å². The second-order valence-electron chi connectivity index (χ2n) is 5.76. The summed E-state index contributed by atoms with van der Waals surface area (Å²) in [6.45, 7) is 1.20. The Bertz CT molecular complexity index is 323. The third-order valence-electron chi connectivity index (χ3n) is 4.23. The molecule has 0 saturated heterocycles. The van der Waals surface area contributed by atoms with Crippen molar-refractivity contribution < 1.29 is 0 Å². The Morgan fingerprint density at radius 2 is 1.65 bits per heavy atom. The number of hydrogen-bond donors (Lipinski definition) is 0. The van der Waals surface area contributed by atoms with Gasteiger partial charge in [0.1, 0.15) is 0 Å². The molecule has 0 radical (unpaired) electrons. The topological polar surface area (TPSA) is 3.24 Å². The Balaban J connectivity index is 2.17. The van der Waals surface area contributed by atoms with Crippen LogP contribution in [0.4, 0.5) is 0 Å². The van der Waals surface area contributed by atoms with Gasteiger partial charge in [0.15, 0.2) is 0 Å². The fourth-order valence-corrected chi connectivity index (χ4v) is 3.14. The van der Waals surface area contributed by atoms with Gasteiger partial charge >= 0.3 is 0 Å². The summed E-state index contributed by atoms with van der Waals surface area (Å²) >= 11 is 0. The molecule has 17 heavy (non-hydrogen) atoms. The first kappa shape index (κ1) is 12.6. The van der Waals surface area contributed by atoms with Gasteiger partial charge in [0.2, 0.25) is 0 Å². The summed E-state index contributed by atoms with van der Waals surface area (Å²) in [6.07, 6.45) is 8.31. The predicted molar refractivity (Wildman–Crippen MR) is 74.4 cm³/mol. The highest BCUT2D eigenvalue weighted by Gasteiger charge is 2.33. The molecular weight excluding hydrogens is 206 g/mol. The Kier molecular flexibility index (Phi) is 4.22. The summed E-state index contributed by atoms with van der Waals surface area (Å²) in [5, 5.41) is 0. The molecule has 0 aliphatic heterocycles. The molecule has 1 aromatic rings. The van der Waals surface area contributed by atoms with Crippen molar-refractivity contribution in [3.05, 3.63) is 35.9 Å². The number of nitrogens with zero attached hydrogens (tertiary/aromatic N) is 1. The maximum Gasteiger partial charge on any atom is -0.00163 e. The highest BCUT2D eigenvalue weighted by molar-refractivity contribution is 5.26. The van der Waals surface area contributed by atoms with E-state index in [1.54, 1.807) is 5.56 Å². The first-order chi connectivity index (χ1) is 8.23. The average molecular weight is 231 g/mol. The van der Waals surface area contributed by atoms with Gasteiger partial charge in [-0.15, -0.1) is 0 Å². The van der Waals surface area contributed by atoms with E-state index in [0.717, 1.165) is 0 Å². The molecule has 1 nitrogen and oxygen atoms in total.